The van der Waals surface area contributed by atoms with Crippen LogP contribution in [0.25, 0.3) is 0 Å². The van der Waals surface area contributed by atoms with Gasteiger partial charge in [0.25, 0.3) is 0 Å². The minimum atomic E-state index is -3.29. The highest BCUT2D eigenvalue weighted by Gasteiger charge is 2.25. The number of nitrogens with zero attached hydrogens (tertiary/aromatic N) is 3. The van der Waals surface area contributed by atoms with Gasteiger partial charge in [0.1, 0.15) is 0 Å². The van der Waals surface area contributed by atoms with Crippen LogP contribution in [0, 0.1) is 5.82 Å². The summed E-state index contributed by atoms with van der Waals surface area (Å²) in [5, 5.41) is 6.65. The third-order valence-electron chi connectivity index (χ3n) is 5.02. The fourth-order valence-corrected chi connectivity index (χ4v) is 4.17. The Morgan fingerprint density at radius 3 is 2.62 bits per heavy atom. The first kappa shape index (κ1) is 26.3. The van der Waals surface area contributed by atoms with E-state index in [0.717, 1.165) is 30.6 Å². The standard InChI is InChI=1S/C21H29FN6O2S.HI/c1-3-24-21(26-13-16-6-8-17(9-7-16)15-31(29,30)23-2)27-18-10-12-28(14-18)20-19(22)5-4-11-25-20;/h4-9,11,18,23H,3,10,12-15H2,1-2H3,(H2,24,26,27);1H. The highest BCUT2D eigenvalue weighted by molar-refractivity contribution is 14.0. The van der Waals surface area contributed by atoms with Gasteiger partial charge >= 0.3 is 0 Å². The Morgan fingerprint density at radius 1 is 1.25 bits per heavy atom. The monoisotopic (exact) mass is 576 g/mol. The van der Waals surface area contributed by atoms with E-state index in [2.05, 4.69) is 25.3 Å². The number of hydrogen-bond donors (Lipinski definition) is 3. The third kappa shape index (κ3) is 7.55. The van der Waals surface area contributed by atoms with Gasteiger partial charge in [-0.2, -0.15) is 0 Å². The molecule has 8 nitrogen and oxygen atoms in total. The molecule has 1 aliphatic heterocycles. The summed E-state index contributed by atoms with van der Waals surface area (Å²) in [5.41, 5.74) is 1.70. The van der Waals surface area contributed by atoms with Crippen LogP contribution in [0.2, 0.25) is 0 Å². The quantitative estimate of drug-likeness (QED) is 0.254. The second kappa shape index (κ2) is 12.3. The molecule has 176 valence electrons. The Morgan fingerprint density at radius 2 is 1.97 bits per heavy atom. The van der Waals surface area contributed by atoms with Crippen molar-refractivity contribution in [3.05, 3.63) is 59.5 Å². The van der Waals surface area contributed by atoms with E-state index in [1.807, 2.05) is 24.0 Å². The lowest BCUT2D eigenvalue weighted by Crippen LogP contribution is -2.44. The molecule has 1 aromatic carbocycles. The van der Waals surface area contributed by atoms with Crippen molar-refractivity contribution in [2.24, 2.45) is 4.99 Å². The van der Waals surface area contributed by atoms with Crippen LogP contribution in [-0.2, 0) is 22.3 Å². The Labute approximate surface area is 206 Å². The third-order valence-corrected chi connectivity index (χ3v) is 6.36. The number of guanidine groups is 1. The summed E-state index contributed by atoms with van der Waals surface area (Å²) >= 11 is 0. The number of sulfonamides is 1. The molecule has 1 unspecified atom stereocenters. The molecule has 1 saturated heterocycles. The Hall–Kier alpha value is -1.99. The maximum atomic E-state index is 14.0. The fraction of sp³-hybridized carbons (Fsp3) is 0.429. The first-order valence-corrected chi connectivity index (χ1v) is 11.9. The number of aliphatic imine (C=N–C) groups is 1. The lowest BCUT2D eigenvalue weighted by atomic mass is 10.1. The number of nitrogens with one attached hydrogen (secondary N) is 3. The van der Waals surface area contributed by atoms with Gasteiger partial charge in [-0.15, -0.1) is 24.0 Å². The Bertz CT molecular complexity index is 1000. The molecule has 11 heteroatoms. The number of aromatic nitrogens is 1. The van der Waals surface area contributed by atoms with Crippen molar-refractivity contribution in [1.82, 2.24) is 20.3 Å². The van der Waals surface area contributed by atoms with Crippen LogP contribution in [0.4, 0.5) is 10.2 Å². The zero-order valence-electron chi connectivity index (χ0n) is 18.2. The molecular weight excluding hydrogens is 546 g/mol. The van der Waals surface area contributed by atoms with E-state index in [-0.39, 0.29) is 41.6 Å². The van der Waals surface area contributed by atoms with Crippen LogP contribution in [-0.4, -0.2) is 52.1 Å². The molecule has 1 fully saturated rings. The fourth-order valence-electron chi connectivity index (χ4n) is 3.40. The molecule has 2 aromatic rings. The lowest BCUT2D eigenvalue weighted by molar-refractivity contribution is 0.587. The number of benzene rings is 1. The summed E-state index contributed by atoms with van der Waals surface area (Å²) < 4.78 is 39.6. The molecule has 0 saturated carbocycles. The van der Waals surface area contributed by atoms with Crippen LogP contribution >= 0.6 is 24.0 Å². The van der Waals surface area contributed by atoms with Crippen LogP contribution < -0.4 is 20.3 Å². The summed E-state index contributed by atoms with van der Waals surface area (Å²) in [6.45, 7) is 4.55. The number of pyridine rings is 1. The molecule has 3 rings (SSSR count). The molecular formula is C21H30FIN6O2S. The van der Waals surface area contributed by atoms with E-state index in [1.54, 1.807) is 24.4 Å². The van der Waals surface area contributed by atoms with E-state index in [4.69, 9.17) is 0 Å². The first-order chi connectivity index (χ1) is 14.9. The van der Waals surface area contributed by atoms with Crippen LogP contribution in [0.1, 0.15) is 24.5 Å². The molecule has 32 heavy (non-hydrogen) atoms. The normalized spacial score (nSPS) is 16.5. The van der Waals surface area contributed by atoms with Gasteiger partial charge in [-0.3, -0.25) is 0 Å². The predicted molar refractivity (Wildman–Crippen MR) is 136 cm³/mol. The minimum Gasteiger partial charge on any atom is -0.357 e. The molecule has 0 aliphatic carbocycles. The number of halogens is 2. The summed E-state index contributed by atoms with van der Waals surface area (Å²) in [5.74, 6) is 0.716. The average Bonchev–Trinajstić information content (AvgIpc) is 3.21. The van der Waals surface area contributed by atoms with E-state index in [9.17, 15) is 12.8 Å². The van der Waals surface area contributed by atoms with Crippen molar-refractivity contribution >= 4 is 45.8 Å². The summed E-state index contributed by atoms with van der Waals surface area (Å²) in [6.07, 6.45) is 2.46. The summed E-state index contributed by atoms with van der Waals surface area (Å²) in [6, 6.07) is 10.5. The molecule has 2 heterocycles. The summed E-state index contributed by atoms with van der Waals surface area (Å²) in [7, 11) is -1.88. The SMILES string of the molecule is CCNC(=NCc1ccc(CS(=O)(=O)NC)cc1)NC1CCN(c2ncccc2F)C1.I. The largest absolute Gasteiger partial charge is 0.357 e. The number of anilines is 1. The highest BCUT2D eigenvalue weighted by Crippen LogP contribution is 2.20. The second-order valence-electron chi connectivity index (χ2n) is 7.36. The zero-order chi connectivity index (χ0) is 22.3. The average molecular weight is 576 g/mol. The van der Waals surface area contributed by atoms with Crippen molar-refractivity contribution in [1.29, 1.82) is 0 Å². The molecule has 0 bridgehead atoms. The van der Waals surface area contributed by atoms with Crippen LogP contribution in [0.5, 0.6) is 0 Å². The minimum absolute atomic E-state index is 0. The zero-order valence-corrected chi connectivity index (χ0v) is 21.4. The van der Waals surface area contributed by atoms with E-state index in [1.165, 1.54) is 13.1 Å². The highest BCUT2D eigenvalue weighted by atomic mass is 127. The summed E-state index contributed by atoms with van der Waals surface area (Å²) in [4.78, 5) is 10.7. The van der Waals surface area contributed by atoms with Crippen molar-refractivity contribution in [3.63, 3.8) is 0 Å². The van der Waals surface area contributed by atoms with E-state index < -0.39 is 10.0 Å². The van der Waals surface area contributed by atoms with Crippen LogP contribution in [0.15, 0.2) is 47.6 Å². The van der Waals surface area contributed by atoms with Crippen molar-refractivity contribution in [2.45, 2.75) is 31.7 Å². The Balaban J connectivity index is 0.00000363. The van der Waals surface area contributed by atoms with Gasteiger partial charge in [0, 0.05) is 31.9 Å². The maximum Gasteiger partial charge on any atom is 0.215 e. The van der Waals surface area contributed by atoms with Crippen molar-refractivity contribution in [3.8, 4) is 0 Å². The first-order valence-electron chi connectivity index (χ1n) is 10.3. The molecule has 0 amide bonds. The van der Waals surface area contributed by atoms with Gasteiger partial charge in [-0.1, -0.05) is 24.3 Å². The van der Waals surface area contributed by atoms with Crippen molar-refractivity contribution in [2.75, 3.05) is 31.6 Å². The van der Waals surface area contributed by atoms with Gasteiger partial charge < -0.3 is 15.5 Å². The number of rotatable bonds is 8. The van der Waals surface area contributed by atoms with Crippen molar-refractivity contribution < 1.29 is 12.8 Å². The van der Waals surface area contributed by atoms with Gasteiger partial charge in [0.05, 0.1) is 12.3 Å². The molecule has 0 spiro atoms. The lowest BCUT2D eigenvalue weighted by Gasteiger charge is -2.20. The molecule has 3 N–H and O–H groups in total. The molecule has 1 atom stereocenters. The Kier molecular flexibility index (Phi) is 10.1. The van der Waals surface area contributed by atoms with E-state index >= 15 is 0 Å². The predicted octanol–water partition coefficient (Wildman–Crippen LogP) is 2.22. The smallest absolute Gasteiger partial charge is 0.215 e. The van der Waals surface area contributed by atoms with Gasteiger partial charge in [-0.05, 0) is 43.7 Å². The maximum absolute atomic E-state index is 14.0. The molecule has 0 radical (unpaired) electrons. The second-order valence-corrected chi connectivity index (χ2v) is 9.29. The molecule has 1 aliphatic rings. The van der Waals surface area contributed by atoms with Crippen LogP contribution in [0.3, 0.4) is 0 Å². The number of hydrogen-bond acceptors (Lipinski definition) is 5. The van der Waals surface area contributed by atoms with Gasteiger partial charge in [0.2, 0.25) is 10.0 Å². The van der Waals surface area contributed by atoms with Gasteiger partial charge in [-0.25, -0.2) is 27.5 Å². The molecule has 1 aromatic heterocycles. The van der Waals surface area contributed by atoms with E-state index in [0.29, 0.717) is 24.9 Å². The van der Waals surface area contributed by atoms with Gasteiger partial charge in [0.15, 0.2) is 17.6 Å². The topological polar surface area (TPSA) is 98.7 Å².